The van der Waals surface area contributed by atoms with E-state index >= 15 is 0 Å². The molecule has 0 amide bonds. The maximum Gasteiger partial charge on any atom is 0.422 e. The molecule has 0 bridgehead atoms. The SMILES string of the molecule is FC(F)(F)COc1ccc(COc2ccc3c(c2)OCC=C3)cc1C(F)(F)F. The first kappa shape index (κ1) is 19.9. The lowest BCUT2D eigenvalue weighted by Crippen LogP contribution is -2.21. The highest BCUT2D eigenvalue weighted by molar-refractivity contribution is 5.61. The Bertz CT molecular complexity index is 871. The van der Waals surface area contributed by atoms with E-state index in [-0.39, 0.29) is 12.2 Å². The zero-order valence-electron chi connectivity index (χ0n) is 14.2. The van der Waals surface area contributed by atoms with Crippen LogP contribution in [-0.4, -0.2) is 19.4 Å². The van der Waals surface area contributed by atoms with E-state index in [1.54, 1.807) is 18.2 Å². The molecule has 0 N–H and O–H groups in total. The zero-order chi connectivity index (χ0) is 20.4. The van der Waals surface area contributed by atoms with Crippen molar-refractivity contribution >= 4 is 6.08 Å². The molecule has 1 heterocycles. The third kappa shape index (κ3) is 5.11. The van der Waals surface area contributed by atoms with Crippen LogP contribution in [0.5, 0.6) is 17.2 Å². The van der Waals surface area contributed by atoms with Crippen LogP contribution in [0.2, 0.25) is 0 Å². The first-order chi connectivity index (χ1) is 13.1. The topological polar surface area (TPSA) is 27.7 Å². The molecule has 0 atom stereocenters. The minimum atomic E-state index is -4.87. The van der Waals surface area contributed by atoms with E-state index in [2.05, 4.69) is 4.74 Å². The quantitative estimate of drug-likeness (QED) is 0.605. The van der Waals surface area contributed by atoms with Gasteiger partial charge in [-0.05, 0) is 35.9 Å². The van der Waals surface area contributed by atoms with E-state index in [1.807, 2.05) is 12.2 Å². The van der Waals surface area contributed by atoms with Gasteiger partial charge in [0, 0.05) is 11.6 Å². The standard InChI is InChI=1S/C19H14F6O3/c20-18(21,22)11-28-16-6-3-12(8-15(16)19(23,24)25)10-27-14-5-4-13-2-1-7-26-17(13)9-14/h1-6,8-9H,7,10-11H2. The lowest BCUT2D eigenvalue weighted by Gasteiger charge is -2.17. The largest absolute Gasteiger partial charge is 0.489 e. The Morgan fingerprint density at radius 3 is 2.43 bits per heavy atom. The molecule has 0 aliphatic carbocycles. The lowest BCUT2D eigenvalue weighted by molar-refractivity contribution is -0.158. The maximum atomic E-state index is 13.2. The normalized spacial score (nSPS) is 13.6. The molecule has 1 aliphatic heterocycles. The summed E-state index contributed by atoms with van der Waals surface area (Å²) in [5.41, 5.74) is -0.314. The van der Waals surface area contributed by atoms with Crippen LogP contribution < -0.4 is 14.2 Å². The van der Waals surface area contributed by atoms with Gasteiger partial charge >= 0.3 is 12.4 Å². The summed E-state index contributed by atoms with van der Waals surface area (Å²) in [6, 6.07) is 7.79. The first-order valence-electron chi connectivity index (χ1n) is 8.08. The molecule has 0 unspecified atom stereocenters. The zero-order valence-corrected chi connectivity index (χ0v) is 14.2. The molecule has 0 aromatic heterocycles. The Morgan fingerprint density at radius 1 is 0.929 bits per heavy atom. The molecule has 2 aromatic rings. The number of hydrogen-bond donors (Lipinski definition) is 0. The average molecular weight is 404 g/mol. The second kappa shape index (κ2) is 7.65. The van der Waals surface area contributed by atoms with E-state index in [4.69, 9.17) is 9.47 Å². The molecule has 3 rings (SSSR count). The van der Waals surface area contributed by atoms with Crippen molar-refractivity contribution in [3.63, 3.8) is 0 Å². The van der Waals surface area contributed by atoms with Gasteiger partial charge in [-0.15, -0.1) is 0 Å². The summed E-state index contributed by atoms with van der Waals surface area (Å²) in [7, 11) is 0. The van der Waals surface area contributed by atoms with Gasteiger partial charge in [-0.3, -0.25) is 0 Å². The van der Waals surface area contributed by atoms with Crippen LogP contribution in [0.1, 0.15) is 16.7 Å². The van der Waals surface area contributed by atoms with Crippen LogP contribution in [0.3, 0.4) is 0 Å². The summed E-state index contributed by atoms with van der Waals surface area (Å²) in [6.45, 7) is -1.61. The van der Waals surface area contributed by atoms with E-state index in [1.165, 1.54) is 6.07 Å². The molecule has 28 heavy (non-hydrogen) atoms. The number of hydrogen-bond acceptors (Lipinski definition) is 3. The van der Waals surface area contributed by atoms with Crippen LogP contribution in [0.25, 0.3) is 6.08 Å². The molecular weight excluding hydrogens is 390 g/mol. The Labute approximate surface area is 156 Å². The Morgan fingerprint density at radius 2 is 1.71 bits per heavy atom. The lowest BCUT2D eigenvalue weighted by atomic mass is 10.1. The molecule has 2 aromatic carbocycles. The summed E-state index contributed by atoms with van der Waals surface area (Å²) >= 11 is 0. The Hall–Kier alpha value is -2.84. The van der Waals surface area contributed by atoms with Gasteiger partial charge in [0.2, 0.25) is 0 Å². The highest BCUT2D eigenvalue weighted by Gasteiger charge is 2.36. The number of alkyl halides is 6. The molecule has 0 saturated carbocycles. The van der Waals surface area contributed by atoms with Crippen molar-refractivity contribution < 1.29 is 40.6 Å². The highest BCUT2D eigenvalue weighted by atomic mass is 19.4. The van der Waals surface area contributed by atoms with Crippen LogP contribution in [0.15, 0.2) is 42.5 Å². The number of fused-ring (bicyclic) bond motifs is 1. The van der Waals surface area contributed by atoms with Gasteiger partial charge < -0.3 is 14.2 Å². The smallest absolute Gasteiger partial charge is 0.422 e. The van der Waals surface area contributed by atoms with E-state index in [0.717, 1.165) is 11.6 Å². The molecule has 9 heteroatoms. The maximum absolute atomic E-state index is 13.2. The van der Waals surface area contributed by atoms with Crippen molar-refractivity contribution in [1.82, 2.24) is 0 Å². The number of rotatable bonds is 5. The van der Waals surface area contributed by atoms with Crippen molar-refractivity contribution in [3.05, 3.63) is 59.2 Å². The third-order valence-corrected chi connectivity index (χ3v) is 3.76. The Balaban J connectivity index is 1.74. The predicted octanol–water partition coefficient (Wildman–Crippen LogP) is 5.63. The highest BCUT2D eigenvalue weighted by Crippen LogP contribution is 2.38. The third-order valence-electron chi connectivity index (χ3n) is 3.76. The van der Waals surface area contributed by atoms with Crippen molar-refractivity contribution in [2.75, 3.05) is 13.2 Å². The molecular formula is C19H14F6O3. The summed E-state index contributed by atoms with van der Waals surface area (Å²) in [5, 5.41) is 0. The summed E-state index contributed by atoms with van der Waals surface area (Å²) in [6.07, 6.45) is -5.90. The van der Waals surface area contributed by atoms with Crippen molar-refractivity contribution in [3.8, 4) is 17.2 Å². The van der Waals surface area contributed by atoms with Crippen LogP contribution in [-0.2, 0) is 12.8 Å². The molecule has 0 radical (unpaired) electrons. The van der Waals surface area contributed by atoms with Gasteiger partial charge in [-0.2, -0.15) is 26.3 Å². The van der Waals surface area contributed by atoms with E-state index in [0.29, 0.717) is 24.2 Å². The first-order valence-corrected chi connectivity index (χ1v) is 8.08. The summed E-state index contributed by atoms with van der Waals surface area (Å²) in [5.74, 6) is 0.0921. The second-order valence-electron chi connectivity index (χ2n) is 5.93. The van der Waals surface area contributed by atoms with Gasteiger partial charge in [0.15, 0.2) is 6.61 Å². The number of benzene rings is 2. The van der Waals surface area contributed by atoms with Gasteiger partial charge in [-0.1, -0.05) is 12.1 Å². The van der Waals surface area contributed by atoms with Crippen molar-refractivity contribution in [2.24, 2.45) is 0 Å². The van der Waals surface area contributed by atoms with Gasteiger partial charge in [0.25, 0.3) is 0 Å². The van der Waals surface area contributed by atoms with E-state index in [9.17, 15) is 26.3 Å². The molecule has 150 valence electrons. The average Bonchev–Trinajstić information content (AvgIpc) is 2.63. The molecule has 1 aliphatic rings. The second-order valence-corrected chi connectivity index (χ2v) is 5.93. The summed E-state index contributed by atoms with van der Waals surface area (Å²) in [4.78, 5) is 0. The fourth-order valence-corrected chi connectivity index (χ4v) is 2.52. The van der Waals surface area contributed by atoms with Crippen molar-refractivity contribution in [1.29, 1.82) is 0 Å². The monoisotopic (exact) mass is 404 g/mol. The van der Waals surface area contributed by atoms with Crippen LogP contribution >= 0.6 is 0 Å². The molecule has 0 fully saturated rings. The minimum Gasteiger partial charge on any atom is -0.489 e. The van der Waals surface area contributed by atoms with Crippen LogP contribution in [0.4, 0.5) is 26.3 Å². The molecule has 0 saturated heterocycles. The fraction of sp³-hybridized carbons (Fsp3) is 0.263. The molecule has 0 spiro atoms. The van der Waals surface area contributed by atoms with Crippen molar-refractivity contribution in [2.45, 2.75) is 19.0 Å². The predicted molar refractivity (Wildman–Crippen MR) is 88.3 cm³/mol. The van der Waals surface area contributed by atoms with Crippen LogP contribution in [0, 0.1) is 0 Å². The Kier molecular flexibility index (Phi) is 5.44. The fourth-order valence-electron chi connectivity index (χ4n) is 2.52. The molecule has 3 nitrogen and oxygen atoms in total. The van der Waals surface area contributed by atoms with Gasteiger partial charge in [0.1, 0.15) is 30.5 Å². The number of ether oxygens (including phenoxy) is 3. The number of halogens is 6. The van der Waals surface area contributed by atoms with Gasteiger partial charge in [0.05, 0.1) is 5.56 Å². The van der Waals surface area contributed by atoms with E-state index < -0.39 is 30.3 Å². The summed E-state index contributed by atoms with van der Waals surface area (Å²) < 4.78 is 91.4. The minimum absolute atomic E-state index is 0.130. The van der Waals surface area contributed by atoms with Gasteiger partial charge in [-0.25, -0.2) is 0 Å².